The summed E-state index contributed by atoms with van der Waals surface area (Å²) in [6.07, 6.45) is 1.32. The fourth-order valence-corrected chi connectivity index (χ4v) is 3.84. The first-order chi connectivity index (χ1) is 13.4. The molecule has 3 rings (SSSR count). The highest BCUT2D eigenvalue weighted by molar-refractivity contribution is 5.87. The molecule has 2 heterocycles. The average Bonchev–Trinajstić information content (AvgIpc) is 2.69. The van der Waals surface area contributed by atoms with Crippen LogP contribution in [0.3, 0.4) is 0 Å². The van der Waals surface area contributed by atoms with Gasteiger partial charge >= 0.3 is 0 Å². The number of alkyl halides is 2. The van der Waals surface area contributed by atoms with Crippen LogP contribution in [0, 0.1) is 5.92 Å². The summed E-state index contributed by atoms with van der Waals surface area (Å²) in [7, 11) is 0. The van der Waals surface area contributed by atoms with Gasteiger partial charge in [0.05, 0.1) is 25.7 Å². The minimum atomic E-state index is -2.93. The standard InChI is InChI=1S/C21H26F2N2O3/c1-2-19(26)24-10-11-28-18(14-24)13-20(27)25-9-8-17(21(22,23)15-25)12-16-6-4-3-5-7-16/h2-7,17-18H,1,8-15H2/t17?,18-/m1/s1. The number of amides is 2. The zero-order chi connectivity index (χ0) is 20.1. The van der Waals surface area contributed by atoms with Crippen LogP contribution in [-0.4, -0.2) is 66.4 Å². The summed E-state index contributed by atoms with van der Waals surface area (Å²) in [6.45, 7) is 4.25. The summed E-state index contributed by atoms with van der Waals surface area (Å²) >= 11 is 0. The van der Waals surface area contributed by atoms with Gasteiger partial charge in [0.1, 0.15) is 0 Å². The van der Waals surface area contributed by atoms with Gasteiger partial charge in [0, 0.05) is 25.6 Å². The molecule has 152 valence electrons. The van der Waals surface area contributed by atoms with Crippen molar-refractivity contribution < 1.29 is 23.1 Å². The van der Waals surface area contributed by atoms with Crippen LogP contribution in [0.2, 0.25) is 0 Å². The first-order valence-electron chi connectivity index (χ1n) is 9.61. The van der Waals surface area contributed by atoms with Gasteiger partial charge < -0.3 is 14.5 Å². The molecule has 1 unspecified atom stereocenters. The number of piperidine rings is 1. The molecule has 1 aromatic carbocycles. The van der Waals surface area contributed by atoms with Crippen LogP contribution in [-0.2, 0) is 20.7 Å². The molecule has 0 radical (unpaired) electrons. The summed E-state index contributed by atoms with van der Waals surface area (Å²) < 4.78 is 34.9. The van der Waals surface area contributed by atoms with Gasteiger partial charge in [-0.3, -0.25) is 9.59 Å². The minimum Gasteiger partial charge on any atom is -0.374 e. The molecule has 28 heavy (non-hydrogen) atoms. The van der Waals surface area contributed by atoms with Crippen molar-refractivity contribution in [2.45, 2.75) is 31.3 Å². The van der Waals surface area contributed by atoms with Crippen molar-refractivity contribution in [1.82, 2.24) is 9.80 Å². The van der Waals surface area contributed by atoms with Crippen molar-refractivity contribution in [1.29, 1.82) is 0 Å². The summed E-state index contributed by atoms with van der Waals surface area (Å²) in [5.41, 5.74) is 0.884. The van der Waals surface area contributed by atoms with Crippen molar-refractivity contribution in [3.8, 4) is 0 Å². The smallest absolute Gasteiger partial charge is 0.268 e. The molecule has 2 aliphatic rings. The lowest BCUT2D eigenvalue weighted by molar-refractivity contribution is -0.155. The van der Waals surface area contributed by atoms with E-state index in [-0.39, 0.29) is 31.2 Å². The number of carbonyl (C=O) groups is 2. The van der Waals surface area contributed by atoms with Gasteiger partial charge in [-0.15, -0.1) is 0 Å². The fourth-order valence-electron chi connectivity index (χ4n) is 3.84. The molecule has 2 aliphatic heterocycles. The Kier molecular flexibility index (Phi) is 6.44. The second-order valence-corrected chi connectivity index (χ2v) is 7.44. The molecule has 0 saturated carbocycles. The molecule has 0 aliphatic carbocycles. The molecule has 0 N–H and O–H groups in total. The zero-order valence-corrected chi connectivity index (χ0v) is 15.9. The summed E-state index contributed by atoms with van der Waals surface area (Å²) in [6, 6.07) is 9.25. The molecule has 1 aromatic rings. The number of carbonyl (C=O) groups excluding carboxylic acids is 2. The van der Waals surface area contributed by atoms with E-state index in [1.165, 1.54) is 11.0 Å². The highest BCUT2D eigenvalue weighted by Gasteiger charge is 2.45. The van der Waals surface area contributed by atoms with Crippen molar-refractivity contribution >= 4 is 11.8 Å². The van der Waals surface area contributed by atoms with Crippen LogP contribution in [0.15, 0.2) is 43.0 Å². The van der Waals surface area contributed by atoms with Crippen LogP contribution in [0.4, 0.5) is 8.78 Å². The third-order valence-electron chi connectivity index (χ3n) is 5.45. The summed E-state index contributed by atoms with van der Waals surface area (Å²) in [5.74, 6) is -4.27. The van der Waals surface area contributed by atoms with E-state index in [4.69, 9.17) is 4.74 Å². The van der Waals surface area contributed by atoms with Gasteiger partial charge in [0.2, 0.25) is 11.8 Å². The first-order valence-corrected chi connectivity index (χ1v) is 9.61. The molecule has 2 atom stereocenters. The van der Waals surface area contributed by atoms with Gasteiger partial charge in [-0.2, -0.15) is 0 Å². The van der Waals surface area contributed by atoms with Crippen LogP contribution in [0.5, 0.6) is 0 Å². The zero-order valence-electron chi connectivity index (χ0n) is 15.9. The van der Waals surface area contributed by atoms with Crippen molar-refractivity contribution in [3.63, 3.8) is 0 Å². The third kappa shape index (κ3) is 4.95. The van der Waals surface area contributed by atoms with E-state index in [0.29, 0.717) is 26.1 Å². The second kappa shape index (κ2) is 8.82. The van der Waals surface area contributed by atoms with Crippen molar-refractivity contribution in [3.05, 3.63) is 48.6 Å². The number of likely N-dealkylation sites (tertiary alicyclic amines) is 1. The number of ether oxygens (including phenoxy) is 1. The average molecular weight is 392 g/mol. The number of hydrogen-bond donors (Lipinski definition) is 0. The molecular formula is C21H26F2N2O3. The van der Waals surface area contributed by atoms with E-state index in [2.05, 4.69) is 6.58 Å². The first kappa shape index (κ1) is 20.5. The Morgan fingerprint density at radius 3 is 2.64 bits per heavy atom. The summed E-state index contributed by atoms with van der Waals surface area (Å²) in [4.78, 5) is 27.1. The van der Waals surface area contributed by atoms with Crippen LogP contribution < -0.4 is 0 Å². The van der Waals surface area contributed by atoms with Crippen LogP contribution >= 0.6 is 0 Å². The monoisotopic (exact) mass is 392 g/mol. The summed E-state index contributed by atoms with van der Waals surface area (Å²) in [5, 5.41) is 0. The lowest BCUT2D eigenvalue weighted by Gasteiger charge is -2.39. The lowest BCUT2D eigenvalue weighted by atomic mass is 9.87. The Labute approximate surface area is 163 Å². The Balaban J connectivity index is 1.54. The number of benzene rings is 1. The Bertz CT molecular complexity index is 711. The van der Waals surface area contributed by atoms with E-state index in [1.54, 1.807) is 4.90 Å². The number of hydrogen-bond acceptors (Lipinski definition) is 3. The maximum absolute atomic E-state index is 14.7. The topological polar surface area (TPSA) is 49.9 Å². The highest BCUT2D eigenvalue weighted by atomic mass is 19.3. The van der Waals surface area contributed by atoms with Gasteiger partial charge in [0.25, 0.3) is 5.92 Å². The predicted molar refractivity (Wildman–Crippen MR) is 101 cm³/mol. The Morgan fingerprint density at radius 1 is 1.21 bits per heavy atom. The van der Waals surface area contributed by atoms with Crippen LogP contribution in [0.1, 0.15) is 18.4 Å². The maximum Gasteiger partial charge on any atom is 0.268 e. The number of rotatable bonds is 5. The third-order valence-corrected chi connectivity index (χ3v) is 5.45. The van der Waals surface area contributed by atoms with Crippen LogP contribution in [0.25, 0.3) is 0 Å². The van der Waals surface area contributed by atoms with E-state index in [0.717, 1.165) is 5.56 Å². The van der Waals surface area contributed by atoms with E-state index in [1.807, 2.05) is 30.3 Å². The van der Waals surface area contributed by atoms with E-state index >= 15 is 0 Å². The molecule has 2 saturated heterocycles. The molecule has 7 heteroatoms. The normalized spacial score (nSPS) is 24.6. The lowest BCUT2D eigenvalue weighted by Crippen LogP contribution is -2.53. The SMILES string of the molecule is C=CC(=O)N1CCO[C@H](CC(=O)N2CCC(Cc3ccccc3)C(F)(F)C2)C1. The number of morpholine rings is 1. The Morgan fingerprint density at radius 2 is 1.96 bits per heavy atom. The molecular weight excluding hydrogens is 366 g/mol. The number of nitrogens with zero attached hydrogens (tertiary/aromatic N) is 2. The van der Waals surface area contributed by atoms with Crippen molar-refractivity contribution in [2.24, 2.45) is 5.92 Å². The Hall–Kier alpha value is -2.28. The van der Waals surface area contributed by atoms with Gasteiger partial charge in [-0.05, 0) is 24.5 Å². The molecule has 0 aromatic heterocycles. The molecule has 0 bridgehead atoms. The fraction of sp³-hybridized carbons (Fsp3) is 0.524. The molecule has 0 spiro atoms. The van der Waals surface area contributed by atoms with Gasteiger partial charge in [-0.25, -0.2) is 8.78 Å². The quantitative estimate of drug-likeness (QED) is 0.724. The largest absolute Gasteiger partial charge is 0.374 e. The van der Waals surface area contributed by atoms with E-state index < -0.39 is 24.5 Å². The van der Waals surface area contributed by atoms with Crippen molar-refractivity contribution in [2.75, 3.05) is 32.8 Å². The molecule has 2 amide bonds. The number of halogens is 2. The minimum absolute atomic E-state index is 0.000352. The predicted octanol–water partition coefficient (Wildman–Crippen LogP) is 2.52. The molecule has 2 fully saturated rings. The highest BCUT2D eigenvalue weighted by Crippen LogP contribution is 2.35. The van der Waals surface area contributed by atoms with E-state index in [9.17, 15) is 18.4 Å². The van der Waals surface area contributed by atoms with Gasteiger partial charge in [0.15, 0.2) is 0 Å². The van der Waals surface area contributed by atoms with Gasteiger partial charge in [-0.1, -0.05) is 36.9 Å². The molecule has 5 nitrogen and oxygen atoms in total. The second-order valence-electron chi connectivity index (χ2n) is 7.44. The maximum atomic E-state index is 14.7.